The lowest BCUT2D eigenvalue weighted by molar-refractivity contribution is 0.102. The minimum Gasteiger partial charge on any atom is -0.322 e. The van der Waals surface area contributed by atoms with Crippen LogP contribution >= 0.6 is 0 Å². The Kier molecular flexibility index (Phi) is 5.67. The molecule has 0 bridgehead atoms. The van der Waals surface area contributed by atoms with E-state index in [2.05, 4.69) is 5.32 Å². The quantitative estimate of drug-likeness (QED) is 0.849. The zero-order chi connectivity index (χ0) is 19.6. The molecule has 6 heteroatoms. The number of hydrogen-bond acceptors (Lipinski definition) is 3. The van der Waals surface area contributed by atoms with Gasteiger partial charge in [-0.2, -0.15) is 4.31 Å². The molecule has 0 heterocycles. The summed E-state index contributed by atoms with van der Waals surface area (Å²) >= 11 is 0. The summed E-state index contributed by atoms with van der Waals surface area (Å²) in [7, 11) is -1.96. The average molecular weight is 387 g/mol. The maximum Gasteiger partial charge on any atom is 0.255 e. The molecular formula is C21H26N2O3S. The first-order valence-corrected chi connectivity index (χ1v) is 10.7. The van der Waals surface area contributed by atoms with E-state index in [4.69, 9.17) is 0 Å². The Morgan fingerprint density at radius 3 is 2.26 bits per heavy atom. The predicted octanol–water partition coefficient (Wildman–Crippen LogP) is 3.85. The van der Waals surface area contributed by atoms with E-state index >= 15 is 0 Å². The molecule has 1 aliphatic rings. The third-order valence-corrected chi connectivity index (χ3v) is 7.17. The normalized spacial score (nSPS) is 14.3. The van der Waals surface area contributed by atoms with Crippen molar-refractivity contribution in [3.63, 3.8) is 0 Å². The highest BCUT2D eigenvalue weighted by molar-refractivity contribution is 7.89. The van der Waals surface area contributed by atoms with Crippen LogP contribution in [0.4, 0.5) is 5.69 Å². The van der Waals surface area contributed by atoms with E-state index in [1.54, 1.807) is 19.2 Å². The first-order chi connectivity index (χ1) is 12.8. The minimum atomic E-state index is -3.53. The fourth-order valence-corrected chi connectivity index (χ4v) is 4.60. The second-order valence-electron chi connectivity index (χ2n) is 7.28. The molecule has 0 aliphatic heterocycles. The first kappa shape index (κ1) is 19.6. The van der Waals surface area contributed by atoms with E-state index in [1.807, 2.05) is 32.0 Å². The van der Waals surface area contributed by atoms with Crippen molar-refractivity contribution in [2.45, 2.75) is 50.5 Å². The van der Waals surface area contributed by atoms with Crippen molar-refractivity contribution in [3.8, 4) is 0 Å². The summed E-state index contributed by atoms with van der Waals surface area (Å²) in [5, 5.41) is 2.85. The molecule has 0 spiro atoms. The van der Waals surface area contributed by atoms with Crippen LogP contribution in [0.5, 0.6) is 0 Å². The number of anilines is 1. The zero-order valence-electron chi connectivity index (χ0n) is 16.0. The molecule has 0 radical (unpaired) electrons. The second-order valence-corrected chi connectivity index (χ2v) is 9.28. The van der Waals surface area contributed by atoms with E-state index < -0.39 is 10.0 Å². The predicted molar refractivity (Wildman–Crippen MR) is 108 cm³/mol. The number of fused-ring (bicyclic) bond motifs is 1. The summed E-state index contributed by atoms with van der Waals surface area (Å²) in [6.07, 6.45) is 4.48. The molecule has 0 atom stereocenters. The van der Waals surface area contributed by atoms with Gasteiger partial charge in [0.2, 0.25) is 10.0 Å². The Labute approximate surface area is 161 Å². The van der Waals surface area contributed by atoms with E-state index in [0.717, 1.165) is 12.8 Å². The second kappa shape index (κ2) is 7.82. The van der Waals surface area contributed by atoms with Crippen LogP contribution in [0.2, 0.25) is 0 Å². The number of carbonyl (C=O) groups is 1. The molecule has 2 aromatic rings. The van der Waals surface area contributed by atoms with Crippen molar-refractivity contribution in [2.75, 3.05) is 12.4 Å². The maximum absolute atomic E-state index is 12.5. The van der Waals surface area contributed by atoms with Crippen LogP contribution in [0.1, 0.15) is 48.2 Å². The van der Waals surface area contributed by atoms with Crippen molar-refractivity contribution in [1.29, 1.82) is 0 Å². The van der Waals surface area contributed by atoms with Crippen LogP contribution in [-0.2, 0) is 22.9 Å². The Hall–Kier alpha value is -2.18. The van der Waals surface area contributed by atoms with Gasteiger partial charge >= 0.3 is 0 Å². The number of hydrogen-bond donors (Lipinski definition) is 1. The summed E-state index contributed by atoms with van der Waals surface area (Å²) < 4.78 is 26.3. The summed E-state index contributed by atoms with van der Waals surface area (Å²) in [6.45, 7) is 3.65. The molecule has 144 valence electrons. The monoisotopic (exact) mass is 386 g/mol. The lowest BCUT2D eigenvalue weighted by Gasteiger charge is -2.21. The van der Waals surface area contributed by atoms with Crippen molar-refractivity contribution in [3.05, 3.63) is 59.2 Å². The number of nitrogens with zero attached hydrogens (tertiary/aromatic N) is 1. The summed E-state index contributed by atoms with van der Waals surface area (Å²) in [5.74, 6) is -0.182. The van der Waals surface area contributed by atoms with E-state index in [0.29, 0.717) is 11.3 Å². The average Bonchev–Trinajstić information content (AvgIpc) is 2.67. The van der Waals surface area contributed by atoms with Gasteiger partial charge in [0.1, 0.15) is 0 Å². The smallest absolute Gasteiger partial charge is 0.255 e. The van der Waals surface area contributed by atoms with Crippen LogP contribution < -0.4 is 5.32 Å². The molecule has 1 N–H and O–H groups in total. The standard InChI is InChI=1S/C21H26N2O3S/c1-15(2)23(3)27(25,26)20-12-10-19(11-13-20)22-21(24)18-9-8-16-6-4-5-7-17(16)14-18/h8-15H,4-7H2,1-3H3,(H,22,24). The highest BCUT2D eigenvalue weighted by Gasteiger charge is 2.23. The van der Waals surface area contributed by atoms with Gasteiger partial charge in [0.25, 0.3) is 5.91 Å². The number of nitrogens with one attached hydrogen (secondary N) is 1. The van der Waals surface area contributed by atoms with Gasteiger partial charge < -0.3 is 5.32 Å². The number of amides is 1. The molecule has 0 unspecified atom stereocenters. The lowest BCUT2D eigenvalue weighted by Crippen LogP contribution is -2.33. The van der Waals surface area contributed by atoms with Gasteiger partial charge in [-0.3, -0.25) is 4.79 Å². The third kappa shape index (κ3) is 4.22. The van der Waals surface area contributed by atoms with Gasteiger partial charge in [0.05, 0.1) is 4.90 Å². The molecule has 1 aliphatic carbocycles. The molecule has 27 heavy (non-hydrogen) atoms. The molecule has 3 rings (SSSR count). The molecule has 1 amide bonds. The number of rotatable bonds is 5. The van der Waals surface area contributed by atoms with E-state index in [9.17, 15) is 13.2 Å². The van der Waals surface area contributed by atoms with Gasteiger partial charge in [-0.15, -0.1) is 0 Å². The van der Waals surface area contributed by atoms with Gasteiger partial charge in [-0.25, -0.2) is 8.42 Å². The number of carbonyl (C=O) groups excluding carboxylic acids is 1. The highest BCUT2D eigenvalue weighted by atomic mass is 32.2. The number of sulfonamides is 1. The Morgan fingerprint density at radius 2 is 1.63 bits per heavy atom. The summed E-state index contributed by atoms with van der Waals surface area (Å²) in [6, 6.07) is 12.0. The fourth-order valence-electron chi connectivity index (χ4n) is 3.23. The largest absolute Gasteiger partial charge is 0.322 e. The third-order valence-electron chi connectivity index (χ3n) is 5.13. The van der Waals surface area contributed by atoms with Gasteiger partial charge in [0, 0.05) is 24.3 Å². The topological polar surface area (TPSA) is 66.5 Å². The molecule has 0 fully saturated rings. The van der Waals surface area contributed by atoms with E-state index in [1.165, 1.54) is 40.4 Å². The van der Waals surface area contributed by atoms with Crippen LogP contribution in [0, 0.1) is 0 Å². The van der Waals surface area contributed by atoms with Crippen molar-refractivity contribution in [2.24, 2.45) is 0 Å². The zero-order valence-corrected chi connectivity index (χ0v) is 16.8. The van der Waals surface area contributed by atoms with Crippen LogP contribution in [-0.4, -0.2) is 31.7 Å². The maximum atomic E-state index is 12.5. The van der Waals surface area contributed by atoms with E-state index in [-0.39, 0.29) is 16.8 Å². The number of aryl methyl sites for hydroxylation is 2. The van der Waals surface area contributed by atoms with Gasteiger partial charge in [-0.05, 0) is 87.1 Å². The number of benzene rings is 2. The Balaban J connectivity index is 1.74. The highest BCUT2D eigenvalue weighted by Crippen LogP contribution is 2.23. The van der Waals surface area contributed by atoms with Gasteiger partial charge in [0.15, 0.2) is 0 Å². The van der Waals surface area contributed by atoms with Crippen LogP contribution in [0.25, 0.3) is 0 Å². The van der Waals surface area contributed by atoms with Crippen molar-refractivity contribution in [1.82, 2.24) is 4.31 Å². The molecule has 0 saturated carbocycles. The molecule has 0 saturated heterocycles. The molecule has 5 nitrogen and oxygen atoms in total. The summed E-state index contributed by atoms with van der Waals surface area (Å²) in [4.78, 5) is 12.8. The van der Waals surface area contributed by atoms with Crippen LogP contribution in [0.15, 0.2) is 47.4 Å². The molecular weight excluding hydrogens is 360 g/mol. The SMILES string of the molecule is CC(C)N(C)S(=O)(=O)c1ccc(NC(=O)c2ccc3c(c2)CCCC3)cc1. The molecule has 0 aromatic heterocycles. The molecule has 2 aromatic carbocycles. The Bertz CT molecular complexity index is 934. The first-order valence-electron chi connectivity index (χ1n) is 9.30. The van der Waals surface area contributed by atoms with Crippen LogP contribution in [0.3, 0.4) is 0 Å². The Morgan fingerprint density at radius 1 is 1.00 bits per heavy atom. The van der Waals surface area contributed by atoms with Crippen molar-refractivity contribution < 1.29 is 13.2 Å². The lowest BCUT2D eigenvalue weighted by atomic mass is 9.90. The fraction of sp³-hybridized carbons (Fsp3) is 0.381. The van der Waals surface area contributed by atoms with Crippen molar-refractivity contribution >= 4 is 21.6 Å². The summed E-state index contributed by atoms with van der Waals surface area (Å²) in [5.41, 5.74) is 3.80. The minimum absolute atomic E-state index is 0.126. The van der Waals surface area contributed by atoms with Gasteiger partial charge in [-0.1, -0.05) is 6.07 Å².